The zero-order valence-corrected chi connectivity index (χ0v) is 9.93. The first-order valence-electron chi connectivity index (χ1n) is 6.10. The van der Waals surface area contributed by atoms with Gasteiger partial charge < -0.3 is 0 Å². The van der Waals surface area contributed by atoms with Gasteiger partial charge in [-0.05, 0) is 25.2 Å². The van der Waals surface area contributed by atoms with Gasteiger partial charge in [0.05, 0.1) is 0 Å². The van der Waals surface area contributed by atoms with Crippen molar-refractivity contribution in [1.82, 2.24) is 4.90 Å². The van der Waals surface area contributed by atoms with E-state index in [4.69, 9.17) is 0 Å². The first kappa shape index (κ1) is 12.2. The van der Waals surface area contributed by atoms with Crippen molar-refractivity contribution in [2.75, 3.05) is 13.1 Å². The van der Waals surface area contributed by atoms with Crippen LogP contribution in [0.2, 0.25) is 0 Å². The largest absolute Gasteiger partial charge is 0.294 e. The summed E-state index contributed by atoms with van der Waals surface area (Å²) >= 11 is 0. The summed E-state index contributed by atoms with van der Waals surface area (Å²) in [5, 5.41) is 0. The molecule has 0 saturated carbocycles. The van der Waals surface area contributed by atoms with Crippen LogP contribution in [0, 0.1) is 11.8 Å². The van der Waals surface area contributed by atoms with Crippen LogP contribution in [-0.2, 0) is 0 Å². The van der Waals surface area contributed by atoms with E-state index in [-0.39, 0.29) is 5.54 Å². The van der Waals surface area contributed by atoms with Crippen LogP contribution in [0.3, 0.4) is 0 Å². The molecule has 2 rings (SSSR count). The van der Waals surface area contributed by atoms with Gasteiger partial charge in [0.2, 0.25) is 6.43 Å². The molecule has 4 heteroatoms. The van der Waals surface area contributed by atoms with Crippen LogP contribution >= 0.6 is 0 Å². The van der Waals surface area contributed by atoms with E-state index >= 15 is 0 Å². The molecule has 0 aromatic rings. The quantitative estimate of drug-likeness (QED) is 0.726. The third-order valence-electron chi connectivity index (χ3n) is 3.93. The summed E-state index contributed by atoms with van der Waals surface area (Å²) in [5.74, 6) is -0.115. The Labute approximate surface area is 95.0 Å². The van der Waals surface area contributed by atoms with Crippen LogP contribution < -0.4 is 0 Å². The Hall–Kier alpha value is -0.250. The van der Waals surface area contributed by atoms with Crippen molar-refractivity contribution >= 4 is 0 Å². The highest BCUT2D eigenvalue weighted by atomic mass is 19.3. The molecule has 1 nitrogen and oxygen atoms in total. The zero-order valence-electron chi connectivity index (χ0n) is 9.93. The van der Waals surface area contributed by atoms with Gasteiger partial charge >= 0.3 is 0 Å². The van der Waals surface area contributed by atoms with E-state index in [9.17, 15) is 13.2 Å². The molecule has 0 N–H and O–H groups in total. The van der Waals surface area contributed by atoms with Gasteiger partial charge in [0.25, 0.3) is 0 Å². The first-order chi connectivity index (χ1) is 7.43. The molecule has 2 saturated heterocycles. The summed E-state index contributed by atoms with van der Waals surface area (Å²) in [6, 6.07) is 0. The van der Waals surface area contributed by atoms with Crippen molar-refractivity contribution in [3.05, 3.63) is 0 Å². The molecular formula is C12H20F3N. The highest BCUT2D eigenvalue weighted by Gasteiger charge is 2.53. The molecule has 0 bridgehead atoms. The molecule has 0 aromatic carbocycles. The number of alkyl halides is 3. The number of halogens is 3. The third kappa shape index (κ3) is 2.08. The number of hydrogen-bond donors (Lipinski definition) is 0. The van der Waals surface area contributed by atoms with Crippen molar-refractivity contribution in [1.29, 1.82) is 0 Å². The van der Waals surface area contributed by atoms with Gasteiger partial charge in [0.1, 0.15) is 6.17 Å². The molecule has 2 aliphatic heterocycles. The molecule has 2 heterocycles. The van der Waals surface area contributed by atoms with E-state index in [0.29, 0.717) is 31.8 Å². The van der Waals surface area contributed by atoms with E-state index in [2.05, 4.69) is 13.8 Å². The van der Waals surface area contributed by atoms with Crippen molar-refractivity contribution in [2.45, 2.75) is 51.2 Å². The summed E-state index contributed by atoms with van der Waals surface area (Å²) in [7, 11) is 0. The van der Waals surface area contributed by atoms with Crippen LogP contribution in [0.4, 0.5) is 13.2 Å². The van der Waals surface area contributed by atoms with E-state index in [1.54, 1.807) is 0 Å². The molecule has 0 amide bonds. The Kier molecular flexibility index (Phi) is 3.21. The maximum atomic E-state index is 13.4. The normalized spacial score (nSPS) is 39.9. The number of fused-ring (bicyclic) bond motifs is 1. The topological polar surface area (TPSA) is 3.24 Å². The SMILES string of the molecule is CC(C)C[C@@]12CC(C(F)F)CN1C[C@H](F)C2. The number of rotatable bonds is 3. The minimum Gasteiger partial charge on any atom is -0.294 e. The van der Waals surface area contributed by atoms with Crippen LogP contribution in [0.15, 0.2) is 0 Å². The van der Waals surface area contributed by atoms with Gasteiger partial charge in [-0.3, -0.25) is 4.90 Å². The third-order valence-corrected chi connectivity index (χ3v) is 3.93. The maximum Gasteiger partial charge on any atom is 0.242 e. The molecule has 3 atom stereocenters. The summed E-state index contributed by atoms with van der Waals surface area (Å²) in [6.07, 6.45) is -1.31. The van der Waals surface area contributed by atoms with Gasteiger partial charge in [0.15, 0.2) is 0 Å². The fourth-order valence-corrected chi connectivity index (χ4v) is 3.58. The Morgan fingerprint density at radius 2 is 1.94 bits per heavy atom. The van der Waals surface area contributed by atoms with E-state index < -0.39 is 18.5 Å². The zero-order chi connectivity index (χ0) is 11.9. The lowest BCUT2D eigenvalue weighted by molar-refractivity contribution is 0.0777. The average molecular weight is 235 g/mol. The smallest absolute Gasteiger partial charge is 0.242 e. The van der Waals surface area contributed by atoms with Crippen LogP contribution in [0.25, 0.3) is 0 Å². The minimum absolute atomic E-state index is 0.269. The predicted molar refractivity (Wildman–Crippen MR) is 57.4 cm³/mol. The highest BCUT2D eigenvalue weighted by Crippen LogP contribution is 2.47. The van der Waals surface area contributed by atoms with Crippen LogP contribution in [0.1, 0.15) is 33.1 Å². The second kappa shape index (κ2) is 4.21. The molecular weight excluding hydrogens is 215 g/mol. The molecule has 16 heavy (non-hydrogen) atoms. The van der Waals surface area contributed by atoms with Crippen molar-refractivity contribution in [3.63, 3.8) is 0 Å². The average Bonchev–Trinajstić information content (AvgIpc) is 2.54. The molecule has 0 radical (unpaired) electrons. The number of hydrogen-bond acceptors (Lipinski definition) is 1. The van der Waals surface area contributed by atoms with E-state index in [1.165, 1.54) is 0 Å². The Morgan fingerprint density at radius 3 is 2.50 bits per heavy atom. The van der Waals surface area contributed by atoms with Crippen molar-refractivity contribution in [3.8, 4) is 0 Å². The molecule has 1 unspecified atom stereocenters. The maximum absolute atomic E-state index is 13.4. The van der Waals surface area contributed by atoms with Gasteiger partial charge in [-0.2, -0.15) is 0 Å². The van der Waals surface area contributed by atoms with Gasteiger partial charge in [-0.25, -0.2) is 13.2 Å². The molecule has 94 valence electrons. The fraction of sp³-hybridized carbons (Fsp3) is 1.00. The molecule has 0 spiro atoms. The van der Waals surface area contributed by atoms with E-state index in [0.717, 1.165) is 6.42 Å². The highest BCUT2D eigenvalue weighted by molar-refractivity contribution is 5.06. The molecule has 2 aliphatic rings. The summed E-state index contributed by atoms with van der Waals surface area (Å²) < 4.78 is 38.9. The Morgan fingerprint density at radius 1 is 1.25 bits per heavy atom. The van der Waals surface area contributed by atoms with E-state index in [1.807, 2.05) is 4.90 Å². The van der Waals surface area contributed by atoms with Crippen LogP contribution in [-0.4, -0.2) is 36.1 Å². The Balaban J connectivity index is 2.11. The monoisotopic (exact) mass is 235 g/mol. The summed E-state index contributed by atoms with van der Waals surface area (Å²) in [5.41, 5.74) is -0.269. The number of nitrogens with zero attached hydrogens (tertiary/aromatic N) is 1. The van der Waals surface area contributed by atoms with Gasteiger partial charge in [0, 0.05) is 24.5 Å². The second-order valence-electron chi connectivity index (χ2n) is 5.83. The minimum atomic E-state index is -2.26. The second-order valence-corrected chi connectivity index (χ2v) is 5.83. The molecule has 0 aliphatic carbocycles. The fourth-order valence-electron chi connectivity index (χ4n) is 3.58. The summed E-state index contributed by atoms with van der Waals surface area (Å²) in [6.45, 7) is 4.89. The lowest BCUT2D eigenvalue weighted by Gasteiger charge is -2.33. The molecule has 2 fully saturated rings. The summed E-state index contributed by atoms with van der Waals surface area (Å²) in [4.78, 5) is 1.98. The predicted octanol–water partition coefficient (Wildman–Crippen LogP) is 3.10. The van der Waals surface area contributed by atoms with Crippen LogP contribution in [0.5, 0.6) is 0 Å². The lowest BCUT2D eigenvalue weighted by Crippen LogP contribution is -2.39. The van der Waals surface area contributed by atoms with Gasteiger partial charge in [-0.1, -0.05) is 13.8 Å². The van der Waals surface area contributed by atoms with Gasteiger partial charge in [-0.15, -0.1) is 0 Å². The van der Waals surface area contributed by atoms with Crippen molar-refractivity contribution < 1.29 is 13.2 Å². The molecule has 0 aromatic heterocycles. The van der Waals surface area contributed by atoms with Crippen molar-refractivity contribution in [2.24, 2.45) is 11.8 Å². The Bertz CT molecular complexity index is 257. The standard InChI is InChI=1S/C12H20F3N/c1-8(2)3-12-4-9(11(14)15)6-16(12)7-10(13)5-12/h8-11H,3-7H2,1-2H3/t9?,10-,12+/m1/s1. The first-order valence-corrected chi connectivity index (χ1v) is 6.10. The lowest BCUT2D eigenvalue weighted by atomic mass is 9.83.